The molecule has 0 nitrogen and oxygen atoms in total. The third kappa shape index (κ3) is 40.9. The van der Waals surface area contributed by atoms with Gasteiger partial charge in [-0.05, 0) is 0 Å². The van der Waals surface area contributed by atoms with Gasteiger partial charge in [-0.1, -0.05) is 23.2 Å². The van der Waals surface area contributed by atoms with Crippen LogP contribution in [-0.2, 0) is 0 Å². The fraction of sp³-hybridized carbons (Fsp3) is 0.667. The maximum absolute atomic E-state index is 5.05. The summed E-state index contributed by atoms with van der Waals surface area (Å²) in [7, 11) is 0. The number of rotatable bonds is 1. The predicted octanol–water partition coefficient (Wildman–Crippen LogP) is 2.92. The second-order valence-electron chi connectivity index (χ2n) is 0.449. The Hall–Kier alpha value is 1.16. The lowest BCUT2D eigenvalue weighted by atomic mass is 11.0. The van der Waals surface area contributed by atoms with Crippen LogP contribution in [0.5, 0.6) is 0 Å². The lowest BCUT2D eigenvalue weighted by Gasteiger charge is -1.63. The lowest BCUT2D eigenvalue weighted by molar-refractivity contribution is 1.52. The minimum Gasteiger partial charge on any atom is -0.125 e. The second-order valence-corrected chi connectivity index (χ2v) is 1.78. The standard InChI is InChI=1S/C2H4Cl2.CCl2/c3-1-2-4;2-1-3/h1-2H2;. The highest BCUT2D eigenvalue weighted by Gasteiger charge is 1.61. The van der Waals surface area contributed by atoms with E-state index in [1.165, 1.54) is 0 Å². The molecule has 0 saturated heterocycles. The van der Waals surface area contributed by atoms with Crippen LogP contribution < -0.4 is 0 Å². The molecule has 0 aliphatic heterocycles. The van der Waals surface area contributed by atoms with Crippen molar-refractivity contribution in [2.75, 3.05) is 11.8 Å². The molecule has 7 heavy (non-hydrogen) atoms. The van der Waals surface area contributed by atoms with Crippen LogP contribution in [0.25, 0.3) is 0 Å². The topological polar surface area (TPSA) is 0 Å². The molecule has 0 aliphatic carbocycles. The number of hydrogen-bond donors (Lipinski definition) is 0. The van der Waals surface area contributed by atoms with Gasteiger partial charge in [0, 0.05) is 11.8 Å². The Bertz CT molecular complexity index is 14.4. The average molecular weight is 182 g/mol. The van der Waals surface area contributed by atoms with Gasteiger partial charge in [-0.15, -0.1) is 23.2 Å². The van der Waals surface area contributed by atoms with Gasteiger partial charge in [0.25, 0.3) is 0 Å². The second kappa shape index (κ2) is 15.7. The molecule has 44 valence electrons. The van der Waals surface area contributed by atoms with Crippen molar-refractivity contribution in [1.82, 2.24) is 0 Å². The summed E-state index contributed by atoms with van der Waals surface area (Å²) in [4.78, 5) is 0. The number of alkyl halides is 2. The largest absolute Gasteiger partial charge is 0.189 e. The van der Waals surface area contributed by atoms with E-state index in [0.29, 0.717) is 11.8 Å². The molecule has 0 bridgehead atoms. The molecule has 0 aliphatic rings. The smallest absolute Gasteiger partial charge is 0.125 e. The van der Waals surface area contributed by atoms with Gasteiger partial charge in [0.1, 0.15) is 0 Å². The molecule has 0 saturated carbocycles. The zero-order chi connectivity index (χ0) is 6.12. The third-order valence-electron chi connectivity index (χ3n) is 0.0714. The lowest BCUT2D eigenvalue weighted by Crippen LogP contribution is -1.63. The van der Waals surface area contributed by atoms with Gasteiger partial charge in [-0.2, -0.15) is 0 Å². The first-order chi connectivity index (χ1) is 3.33. The summed E-state index contributed by atoms with van der Waals surface area (Å²) in [5.74, 6) is 1.11. The molecule has 2 radical (unpaired) electrons. The molecule has 0 fully saturated rings. The molecule has 0 aromatic rings. The van der Waals surface area contributed by atoms with Crippen LogP contribution in [0.4, 0.5) is 0 Å². The van der Waals surface area contributed by atoms with Crippen molar-refractivity contribution < 1.29 is 0 Å². The summed E-state index contributed by atoms with van der Waals surface area (Å²) in [6.07, 6.45) is 0. The minimum atomic E-state index is 0.557. The fourth-order valence-electron chi connectivity index (χ4n) is 0. The highest BCUT2D eigenvalue weighted by atomic mass is 35.5. The molecule has 0 rings (SSSR count). The zero-order valence-electron chi connectivity index (χ0n) is 3.43. The molecular formula is C3H4Cl4. The van der Waals surface area contributed by atoms with Gasteiger partial charge in [0.2, 0.25) is 0 Å². The first kappa shape index (κ1) is 11.0. The van der Waals surface area contributed by atoms with E-state index in [-0.39, 0.29) is 0 Å². The van der Waals surface area contributed by atoms with Crippen LogP contribution in [0.3, 0.4) is 0 Å². The Morgan fingerprint density at radius 3 is 1.14 bits per heavy atom. The molecule has 0 unspecified atom stereocenters. The van der Waals surface area contributed by atoms with Gasteiger partial charge in [0.05, 0.1) is 0 Å². The zero-order valence-corrected chi connectivity index (χ0v) is 6.45. The van der Waals surface area contributed by atoms with Crippen molar-refractivity contribution in [2.24, 2.45) is 0 Å². The third-order valence-corrected chi connectivity index (χ3v) is 0.643. The predicted molar refractivity (Wildman–Crippen MR) is 36.4 cm³/mol. The van der Waals surface area contributed by atoms with Gasteiger partial charge in [0.15, 0.2) is 5.34 Å². The van der Waals surface area contributed by atoms with E-state index in [2.05, 4.69) is 23.2 Å². The minimum absolute atomic E-state index is 0.557. The molecule has 0 aromatic carbocycles. The summed E-state index contributed by atoms with van der Waals surface area (Å²) in [6.45, 7) is 0. The Kier molecular flexibility index (Phi) is 24.7. The summed E-state index contributed by atoms with van der Waals surface area (Å²) >= 11 is 19.1. The summed E-state index contributed by atoms with van der Waals surface area (Å²) < 4.78 is 0. The van der Waals surface area contributed by atoms with Gasteiger partial charge >= 0.3 is 0 Å². The molecule has 4 heteroatoms. The van der Waals surface area contributed by atoms with Crippen molar-refractivity contribution in [3.05, 3.63) is 5.34 Å². The van der Waals surface area contributed by atoms with Crippen molar-refractivity contribution >= 4 is 46.4 Å². The van der Waals surface area contributed by atoms with E-state index in [1.54, 1.807) is 5.34 Å². The molecule has 0 aromatic heterocycles. The average Bonchev–Trinajstić information content (AvgIpc) is 1.69. The quantitative estimate of drug-likeness (QED) is 0.546. The van der Waals surface area contributed by atoms with E-state index in [0.717, 1.165) is 0 Å². The first-order valence-corrected chi connectivity index (χ1v) is 3.24. The van der Waals surface area contributed by atoms with Crippen LogP contribution >= 0.6 is 46.4 Å². The van der Waals surface area contributed by atoms with Gasteiger partial charge in [-0.3, -0.25) is 0 Å². The van der Waals surface area contributed by atoms with E-state index in [1.807, 2.05) is 0 Å². The summed E-state index contributed by atoms with van der Waals surface area (Å²) in [5, 5.41) is 1.69. The first-order valence-electron chi connectivity index (χ1n) is 1.41. The van der Waals surface area contributed by atoms with Crippen molar-refractivity contribution in [3.63, 3.8) is 0 Å². The molecule has 0 heterocycles. The highest BCUT2D eigenvalue weighted by Crippen LogP contribution is 1.83. The number of hydrogen-bond acceptors (Lipinski definition) is 0. The van der Waals surface area contributed by atoms with E-state index in [9.17, 15) is 0 Å². The molecule has 0 atom stereocenters. The normalized spacial score (nSPS) is 6.86. The van der Waals surface area contributed by atoms with Crippen LogP contribution in [0, 0.1) is 5.34 Å². The van der Waals surface area contributed by atoms with Crippen LogP contribution in [0.15, 0.2) is 0 Å². The molecule has 0 amide bonds. The van der Waals surface area contributed by atoms with Crippen molar-refractivity contribution in [2.45, 2.75) is 0 Å². The Morgan fingerprint density at radius 1 is 1.00 bits per heavy atom. The molecule has 0 N–H and O–H groups in total. The van der Waals surface area contributed by atoms with Gasteiger partial charge < -0.3 is 0 Å². The van der Waals surface area contributed by atoms with E-state index < -0.39 is 0 Å². The Morgan fingerprint density at radius 2 is 1.14 bits per heavy atom. The SMILES string of the molecule is ClCCCl.Cl[C]Cl. The highest BCUT2D eigenvalue weighted by molar-refractivity contribution is 6.47. The van der Waals surface area contributed by atoms with Crippen molar-refractivity contribution in [3.8, 4) is 0 Å². The van der Waals surface area contributed by atoms with Crippen LogP contribution in [-0.4, -0.2) is 11.8 Å². The van der Waals surface area contributed by atoms with E-state index in [4.69, 9.17) is 23.2 Å². The van der Waals surface area contributed by atoms with Crippen molar-refractivity contribution in [1.29, 1.82) is 0 Å². The Labute approximate surface area is 63.7 Å². The fourth-order valence-corrected chi connectivity index (χ4v) is 0. The summed E-state index contributed by atoms with van der Waals surface area (Å²) in [5.41, 5.74) is 0. The maximum Gasteiger partial charge on any atom is 0.189 e. The van der Waals surface area contributed by atoms with Crippen LogP contribution in [0.2, 0.25) is 0 Å². The van der Waals surface area contributed by atoms with E-state index >= 15 is 0 Å². The molecular weight excluding hydrogens is 178 g/mol. The van der Waals surface area contributed by atoms with Crippen LogP contribution in [0.1, 0.15) is 0 Å². The summed E-state index contributed by atoms with van der Waals surface area (Å²) in [6, 6.07) is 0. The maximum atomic E-state index is 5.05. The monoisotopic (exact) mass is 180 g/mol. The Balaban J connectivity index is 0. The van der Waals surface area contributed by atoms with Gasteiger partial charge in [-0.25, -0.2) is 0 Å². The number of halogens is 4. The molecule has 0 spiro atoms.